The van der Waals surface area contributed by atoms with Crippen LogP contribution in [0.2, 0.25) is 0 Å². The van der Waals surface area contributed by atoms with E-state index in [-0.39, 0.29) is 0 Å². The number of nitrogens with two attached hydrogens (primary N) is 2. The van der Waals surface area contributed by atoms with Crippen LogP contribution in [0, 0.1) is 0 Å². The summed E-state index contributed by atoms with van der Waals surface area (Å²) in [7, 11) is 0. The van der Waals surface area contributed by atoms with Gasteiger partial charge in [0.2, 0.25) is 0 Å². The molecule has 0 aliphatic carbocycles. The first-order valence-electron chi connectivity index (χ1n) is 3.50. The van der Waals surface area contributed by atoms with Crippen molar-refractivity contribution in [1.29, 1.82) is 0 Å². The van der Waals surface area contributed by atoms with Gasteiger partial charge in [0.05, 0.1) is 11.1 Å². The molecule has 0 aromatic carbocycles. The molecule has 1 aromatic rings. The maximum Gasteiger partial charge on any atom is 0.268 e. The molecule has 0 radical (unpaired) electrons. The summed E-state index contributed by atoms with van der Waals surface area (Å²) in [5.41, 5.74) is 8.47. The number of pyridine rings is 1. The molecule has 0 saturated carbocycles. The maximum atomic E-state index is 12.4. The highest BCUT2D eigenvalue weighted by Crippen LogP contribution is 2.33. The van der Waals surface area contributed by atoms with Crippen LogP contribution in [-0.4, -0.2) is 16.0 Å². The lowest BCUT2D eigenvalue weighted by molar-refractivity contribution is 0.0983. The molecular formula is C7H7F2N3O2. The SMILES string of the molecule is NC(=O)c1cnc(N)c(O)c1C(F)F. The first-order valence-corrected chi connectivity index (χ1v) is 3.50. The molecule has 76 valence electrons. The Bertz CT molecular complexity index is 381. The second-order valence-corrected chi connectivity index (χ2v) is 2.48. The summed E-state index contributed by atoms with van der Waals surface area (Å²) in [4.78, 5) is 14.0. The molecule has 0 unspecified atom stereocenters. The molecular weight excluding hydrogens is 196 g/mol. The van der Waals surface area contributed by atoms with Gasteiger partial charge in [-0.15, -0.1) is 0 Å². The van der Waals surface area contributed by atoms with E-state index in [1.54, 1.807) is 0 Å². The van der Waals surface area contributed by atoms with Gasteiger partial charge in [0, 0.05) is 6.20 Å². The summed E-state index contributed by atoms with van der Waals surface area (Å²) in [6.07, 6.45) is -2.23. The zero-order chi connectivity index (χ0) is 10.9. The van der Waals surface area contributed by atoms with Crippen molar-refractivity contribution in [3.8, 4) is 5.75 Å². The van der Waals surface area contributed by atoms with Gasteiger partial charge in [-0.05, 0) is 0 Å². The first kappa shape index (κ1) is 10.2. The Morgan fingerprint density at radius 3 is 2.57 bits per heavy atom. The van der Waals surface area contributed by atoms with E-state index < -0.39 is 35.0 Å². The number of halogens is 2. The Morgan fingerprint density at radius 1 is 1.57 bits per heavy atom. The predicted octanol–water partition coefficient (Wildman–Crippen LogP) is 0.406. The van der Waals surface area contributed by atoms with Gasteiger partial charge < -0.3 is 16.6 Å². The summed E-state index contributed by atoms with van der Waals surface area (Å²) < 4.78 is 24.8. The van der Waals surface area contributed by atoms with Crippen molar-refractivity contribution >= 4 is 11.7 Å². The predicted molar refractivity (Wildman–Crippen MR) is 43.8 cm³/mol. The number of anilines is 1. The monoisotopic (exact) mass is 203 g/mol. The number of aromatic hydroxyl groups is 1. The van der Waals surface area contributed by atoms with Gasteiger partial charge >= 0.3 is 0 Å². The molecule has 5 N–H and O–H groups in total. The van der Waals surface area contributed by atoms with Crippen molar-refractivity contribution in [1.82, 2.24) is 4.98 Å². The minimum Gasteiger partial charge on any atom is -0.504 e. The molecule has 1 amide bonds. The zero-order valence-corrected chi connectivity index (χ0v) is 6.87. The molecule has 0 aliphatic heterocycles. The van der Waals surface area contributed by atoms with E-state index >= 15 is 0 Å². The van der Waals surface area contributed by atoms with Crippen molar-refractivity contribution in [2.24, 2.45) is 5.73 Å². The Labute approximate surface area is 77.3 Å². The van der Waals surface area contributed by atoms with Crippen LogP contribution in [0.5, 0.6) is 5.75 Å². The Balaban J connectivity index is 3.45. The van der Waals surface area contributed by atoms with Gasteiger partial charge in [0.15, 0.2) is 11.6 Å². The van der Waals surface area contributed by atoms with E-state index in [4.69, 9.17) is 16.6 Å². The topological polar surface area (TPSA) is 102 Å². The summed E-state index contributed by atoms with van der Waals surface area (Å²) in [5.74, 6) is -2.47. The van der Waals surface area contributed by atoms with Crippen LogP contribution in [0.1, 0.15) is 22.3 Å². The zero-order valence-electron chi connectivity index (χ0n) is 6.87. The van der Waals surface area contributed by atoms with Gasteiger partial charge in [-0.1, -0.05) is 0 Å². The van der Waals surface area contributed by atoms with E-state index in [9.17, 15) is 13.6 Å². The lowest BCUT2D eigenvalue weighted by atomic mass is 10.1. The first-order chi connectivity index (χ1) is 6.45. The molecule has 0 aliphatic rings. The molecule has 0 fully saturated rings. The molecule has 7 heteroatoms. The second kappa shape index (κ2) is 3.44. The van der Waals surface area contributed by atoms with E-state index in [0.29, 0.717) is 0 Å². The third-order valence-corrected chi connectivity index (χ3v) is 1.60. The van der Waals surface area contributed by atoms with Crippen LogP contribution in [0.4, 0.5) is 14.6 Å². The number of carbonyl (C=O) groups is 1. The van der Waals surface area contributed by atoms with Gasteiger partial charge in [0.1, 0.15) is 0 Å². The van der Waals surface area contributed by atoms with Crippen molar-refractivity contribution < 1.29 is 18.7 Å². The smallest absolute Gasteiger partial charge is 0.268 e. The number of hydrogen-bond donors (Lipinski definition) is 3. The molecule has 0 spiro atoms. The Morgan fingerprint density at radius 2 is 2.14 bits per heavy atom. The molecule has 5 nitrogen and oxygen atoms in total. The fourth-order valence-corrected chi connectivity index (χ4v) is 0.948. The van der Waals surface area contributed by atoms with Crippen LogP contribution in [0.25, 0.3) is 0 Å². The Hall–Kier alpha value is -1.92. The molecule has 1 rings (SSSR count). The number of alkyl halides is 2. The third-order valence-electron chi connectivity index (χ3n) is 1.60. The van der Waals surface area contributed by atoms with Crippen LogP contribution in [-0.2, 0) is 0 Å². The molecule has 1 aromatic heterocycles. The molecule has 14 heavy (non-hydrogen) atoms. The number of carbonyl (C=O) groups excluding carboxylic acids is 1. The fourth-order valence-electron chi connectivity index (χ4n) is 0.948. The summed E-state index contributed by atoms with van der Waals surface area (Å²) >= 11 is 0. The average Bonchev–Trinajstić information content (AvgIpc) is 2.08. The molecule has 0 atom stereocenters. The summed E-state index contributed by atoms with van der Waals surface area (Å²) in [6, 6.07) is 0. The summed E-state index contributed by atoms with van der Waals surface area (Å²) in [6.45, 7) is 0. The average molecular weight is 203 g/mol. The molecule has 0 saturated heterocycles. The fraction of sp³-hybridized carbons (Fsp3) is 0.143. The lowest BCUT2D eigenvalue weighted by Gasteiger charge is -2.08. The Kier molecular flexibility index (Phi) is 2.50. The van der Waals surface area contributed by atoms with Crippen molar-refractivity contribution in [3.05, 3.63) is 17.3 Å². The van der Waals surface area contributed by atoms with E-state index in [0.717, 1.165) is 6.20 Å². The standard InChI is InChI=1S/C7H7F2N3O2/c8-5(9)3-2(7(11)14)1-12-6(10)4(3)13/h1,5,13H,(H2,10,12)(H2,11,14). The number of amides is 1. The molecule has 1 heterocycles. The van der Waals surface area contributed by atoms with Gasteiger partial charge in [-0.25, -0.2) is 13.8 Å². The second-order valence-electron chi connectivity index (χ2n) is 2.48. The number of primary amides is 1. The highest BCUT2D eigenvalue weighted by molar-refractivity contribution is 5.95. The third kappa shape index (κ3) is 1.56. The number of hydrogen-bond acceptors (Lipinski definition) is 4. The van der Waals surface area contributed by atoms with Gasteiger partial charge in [-0.3, -0.25) is 4.79 Å². The normalized spacial score (nSPS) is 10.5. The number of rotatable bonds is 2. The van der Waals surface area contributed by atoms with Crippen molar-refractivity contribution in [2.45, 2.75) is 6.43 Å². The van der Waals surface area contributed by atoms with E-state index in [2.05, 4.69) is 4.98 Å². The van der Waals surface area contributed by atoms with Crippen LogP contribution in [0.15, 0.2) is 6.20 Å². The largest absolute Gasteiger partial charge is 0.504 e. The van der Waals surface area contributed by atoms with E-state index in [1.807, 2.05) is 0 Å². The molecule has 0 bridgehead atoms. The minimum absolute atomic E-state index is 0.467. The van der Waals surface area contributed by atoms with Gasteiger partial charge in [-0.2, -0.15) is 0 Å². The number of aromatic nitrogens is 1. The highest BCUT2D eigenvalue weighted by atomic mass is 19.3. The number of nitrogen functional groups attached to an aromatic ring is 1. The van der Waals surface area contributed by atoms with Crippen molar-refractivity contribution in [2.75, 3.05) is 5.73 Å². The van der Waals surface area contributed by atoms with Crippen LogP contribution < -0.4 is 11.5 Å². The van der Waals surface area contributed by atoms with Crippen LogP contribution in [0.3, 0.4) is 0 Å². The maximum absolute atomic E-state index is 12.4. The summed E-state index contributed by atoms with van der Waals surface area (Å²) in [5, 5.41) is 9.12. The highest BCUT2D eigenvalue weighted by Gasteiger charge is 2.23. The quantitative estimate of drug-likeness (QED) is 0.647. The van der Waals surface area contributed by atoms with Crippen molar-refractivity contribution in [3.63, 3.8) is 0 Å². The van der Waals surface area contributed by atoms with Crippen LogP contribution >= 0.6 is 0 Å². The van der Waals surface area contributed by atoms with Gasteiger partial charge in [0.25, 0.3) is 12.3 Å². The minimum atomic E-state index is -3.04. The van der Waals surface area contributed by atoms with E-state index in [1.165, 1.54) is 0 Å². The number of nitrogens with zero attached hydrogens (tertiary/aromatic N) is 1. The lowest BCUT2D eigenvalue weighted by Crippen LogP contribution is -2.15.